The lowest BCUT2D eigenvalue weighted by Crippen LogP contribution is -2.06. The van der Waals surface area contributed by atoms with E-state index in [1.54, 1.807) is 7.11 Å². The van der Waals surface area contributed by atoms with Gasteiger partial charge in [-0.3, -0.25) is 4.99 Å². The number of hydrogen-bond donors (Lipinski definition) is 0. The van der Waals surface area contributed by atoms with E-state index in [0.717, 1.165) is 30.8 Å². The lowest BCUT2D eigenvalue weighted by atomic mass is 10.1. The molecule has 0 atom stereocenters. The zero-order chi connectivity index (χ0) is 11.4. The number of methoxy groups -OCH3 is 1. The van der Waals surface area contributed by atoms with Crippen LogP contribution < -0.4 is 4.74 Å². The van der Waals surface area contributed by atoms with Crippen molar-refractivity contribution in [3.63, 3.8) is 0 Å². The zero-order valence-electron chi connectivity index (χ0n) is 9.11. The molecule has 0 fully saturated rings. The molecule has 0 aromatic heterocycles. The van der Waals surface area contributed by atoms with Gasteiger partial charge in [0.2, 0.25) is 0 Å². The van der Waals surface area contributed by atoms with Crippen LogP contribution in [0.3, 0.4) is 0 Å². The molecule has 0 amide bonds. The van der Waals surface area contributed by atoms with Crippen LogP contribution >= 0.6 is 11.6 Å². The smallest absolute Gasteiger partial charge is 0.137 e. The van der Waals surface area contributed by atoms with Crippen LogP contribution in [0.2, 0.25) is 5.02 Å². The third kappa shape index (κ3) is 2.61. The molecule has 0 saturated heterocycles. The molecule has 1 aliphatic rings. The molecule has 0 aliphatic carbocycles. The number of amidine groups is 1. The lowest BCUT2D eigenvalue weighted by Gasteiger charge is -2.07. The molecule has 1 aliphatic heterocycles. The van der Waals surface area contributed by atoms with Crippen LogP contribution in [0, 0.1) is 0 Å². The first-order valence-corrected chi connectivity index (χ1v) is 5.55. The number of ether oxygens (including phenoxy) is 1. The highest BCUT2D eigenvalue weighted by molar-refractivity contribution is 6.32. The van der Waals surface area contributed by atoms with Crippen LogP contribution in [0.5, 0.6) is 5.75 Å². The largest absolute Gasteiger partial charge is 0.495 e. The van der Waals surface area contributed by atoms with Crippen LogP contribution in [0.15, 0.2) is 28.2 Å². The van der Waals surface area contributed by atoms with E-state index in [9.17, 15) is 0 Å². The van der Waals surface area contributed by atoms with Crippen molar-refractivity contribution in [1.29, 1.82) is 0 Å². The van der Waals surface area contributed by atoms with Crippen molar-refractivity contribution in [3.8, 4) is 5.75 Å². The summed E-state index contributed by atoms with van der Waals surface area (Å²) in [4.78, 5) is 8.59. The van der Waals surface area contributed by atoms with Gasteiger partial charge in [0.1, 0.15) is 11.6 Å². The molecule has 2 rings (SSSR count). The Bertz CT molecular complexity index is 441. The lowest BCUT2D eigenvalue weighted by molar-refractivity contribution is 0.415. The average Bonchev–Trinajstić information content (AvgIpc) is 2.31. The van der Waals surface area contributed by atoms with Gasteiger partial charge in [0.05, 0.1) is 12.1 Å². The first-order valence-electron chi connectivity index (χ1n) is 5.18. The van der Waals surface area contributed by atoms with Crippen molar-refractivity contribution in [2.45, 2.75) is 12.8 Å². The molecule has 1 aromatic rings. The quantitative estimate of drug-likeness (QED) is 0.795. The summed E-state index contributed by atoms with van der Waals surface area (Å²) in [5.74, 6) is 1.56. The van der Waals surface area contributed by atoms with Gasteiger partial charge in [-0.25, -0.2) is 4.99 Å². The van der Waals surface area contributed by atoms with Crippen LogP contribution in [0.1, 0.15) is 12.0 Å². The van der Waals surface area contributed by atoms with Gasteiger partial charge < -0.3 is 4.74 Å². The number of benzene rings is 1. The maximum absolute atomic E-state index is 6.04. The Kier molecular flexibility index (Phi) is 3.57. The monoisotopic (exact) mass is 236 g/mol. The Morgan fingerprint density at radius 2 is 2.31 bits per heavy atom. The second kappa shape index (κ2) is 5.12. The van der Waals surface area contributed by atoms with Crippen LogP contribution in [0.4, 0.5) is 0 Å². The van der Waals surface area contributed by atoms with E-state index in [1.165, 1.54) is 0 Å². The van der Waals surface area contributed by atoms with Crippen molar-refractivity contribution in [3.05, 3.63) is 28.8 Å². The number of rotatable bonds is 3. The van der Waals surface area contributed by atoms with Crippen molar-refractivity contribution in [1.82, 2.24) is 0 Å². The second-order valence-electron chi connectivity index (χ2n) is 3.54. The summed E-state index contributed by atoms with van der Waals surface area (Å²) in [5, 5.41) is 0.625. The topological polar surface area (TPSA) is 34.0 Å². The molecule has 4 heteroatoms. The number of halogens is 1. The Balaban J connectivity index is 2.13. The molecule has 0 radical (unpaired) electrons. The standard InChI is InChI=1S/C12H13ClN2O/c1-16-11-4-3-9(7-10(11)13)8-12-14-5-2-6-15-12/h3-5,7H,2,6,8H2,1H3. The first-order chi connectivity index (χ1) is 7.79. The van der Waals surface area contributed by atoms with Crippen molar-refractivity contribution in [2.24, 2.45) is 9.98 Å². The highest BCUT2D eigenvalue weighted by Crippen LogP contribution is 2.25. The van der Waals surface area contributed by atoms with Crippen molar-refractivity contribution >= 4 is 23.7 Å². The fraction of sp³-hybridized carbons (Fsp3) is 0.333. The predicted octanol–water partition coefficient (Wildman–Crippen LogP) is 2.76. The molecule has 0 saturated carbocycles. The van der Waals surface area contributed by atoms with Gasteiger partial charge in [0.25, 0.3) is 0 Å². The summed E-state index contributed by atoms with van der Waals surface area (Å²) in [6, 6.07) is 5.75. The minimum absolute atomic E-state index is 0.625. The van der Waals surface area contributed by atoms with Crippen molar-refractivity contribution < 1.29 is 4.74 Å². The Hall–Kier alpha value is -1.35. The van der Waals surface area contributed by atoms with Crippen LogP contribution in [-0.4, -0.2) is 25.7 Å². The number of aliphatic imine (C=N–C) groups is 2. The highest BCUT2D eigenvalue weighted by Gasteiger charge is 2.05. The van der Waals surface area contributed by atoms with E-state index in [4.69, 9.17) is 16.3 Å². The summed E-state index contributed by atoms with van der Waals surface area (Å²) in [6.45, 7) is 0.836. The third-order valence-electron chi connectivity index (χ3n) is 2.37. The molecule has 1 aromatic carbocycles. The van der Waals surface area contributed by atoms with E-state index in [1.807, 2.05) is 24.4 Å². The van der Waals surface area contributed by atoms with Gasteiger partial charge in [-0.2, -0.15) is 0 Å². The third-order valence-corrected chi connectivity index (χ3v) is 2.67. The molecule has 0 N–H and O–H groups in total. The maximum atomic E-state index is 6.04. The fourth-order valence-corrected chi connectivity index (χ4v) is 1.85. The zero-order valence-corrected chi connectivity index (χ0v) is 9.87. The van der Waals surface area contributed by atoms with Gasteiger partial charge in [-0.05, 0) is 17.7 Å². The highest BCUT2D eigenvalue weighted by atomic mass is 35.5. The van der Waals surface area contributed by atoms with Gasteiger partial charge in [0, 0.05) is 25.6 Å². The Labute approximate surface area is 99.8 Å². The maximum Gasteiger partial charge on any atom is 0.137 e. The van der Waals surface area contributed by atoms with Gasteiger partial charge in [0.15, 0.2) is 0 Å². The summed E-state index contributed by atoms with van der Waals surface area (Å²) in [7, 11) is 1.61. The molecule has 84 valence electrons. The normalized spacial score (nSPS) is 14.8. The summed E-state index contributed by atoms with van der Waals surface area (Å²) in [5.41, 5.74) is 1.10. The van der Waals surface area contributed by atoms with E-state index < -0.39 is 0 Å². The summed E-state index contributed by atoms with van der Waals surface area (Å²) in [6.07, 6.45) is 3.57. The predicted molar refractivity (Wildman–Crippen MR) is 67.1 cm³/mol. The summed E-state index contributed by atoms with van der Waals surface area (Å²) >= 11 is 6.04. The van der Waals surface area contributed by atoms with Gasteiger partial charge >= 0.3 is 0 Å². The van der Waals surface area contributed by atoms with E-state index in [-0.39, 0.29) is 0 Å². The van der Waals surface area contributed by atoms with E-state index in [0.29, 0.717) is 10.8 Å². The first kappa shape index (κ1) is 11.1. The Morgan fingerprint density at radius 3 is 2.94 bits per heavy atom. The number of hydrogen-bond acceptors (Lipinski definition) is 3. The molecule has 3 nitrogen and oxygen atoms in total. The fourth-order valence-electron chi connectivity index (χ4n) is 1.57. The van der Waals surface area contributed by atoms with Gasteiger partial charge in [-0.1, -0.05) is 17.7 Å². The van der Waals surface area contributed by atoms with E-state index in [2.05, 4.69) is 9.98 Å². The van der Waals surface area contributed by atoms with Crippen LogP contribution in [-0.2, 0) is 6.42 Å². The molecule has 16 heavy (non-hydrogen) atoms. The second-order valence-corrected chi connectivity index (χ2v) is 3.95. The van der Waals surface area contributed by atoms with E-state index >= 15 is 0 Å². The number of nitrogens with zero attached hydrogens (tertiary/aromatic N) is 2. The van der Waals surface area contributed by atoms with Gasteiger partial charge in [-0.15, -0.1) is 0 Å². The van der Waals surface area contributed by atoms with Crippen molar-refractivity contribution in [2.75, 3.05) is 13.7 Å². The Morgan fingerprint density at radius 1 is 1.44 bits per heavy atom. The SMILES string of the molecule is COc1ccc(CC2=NCCC=N2)cc1Cl. The minimum atomic E-state index is 0.625. The molecule has 0 spiro atoms. The molecule has 1 heterocycles. The minimum Gasteiger partial charge on any atom is -0.495 e. The van der Waals surface area contributed by atoms with Crippen LogP contribution in [0.25, 0.3) is 0 Å². The molecule has 0 unspecified atom stereocenters. The molecule has 0 bridgehead atoms. The summed E-state index contributed by atoms with van der Waals surface area (Å²) < 4.78 is 5.10. The average molecular weight is 237 g/mol. The molecular formula is C12H13ClN2O. The molecular weight excluding hydrogens is 224 g/mol.